The predicted molar refractivity (Wildman–Crippen MR) is 245 cm³/mol. The number of nitrogens with one attached hydrogen (secondary N) is 1. The molecule has 0 spiro atoms. The van der Waals surface area contributed by atoms with Gasteiger partial charge in [0, 0.05) is 58.2 Å². The first-order valence-corrected chi connectivity index (χ1v) is 25.2. The monoisotopic (exact) mass is 815 g/mol. The van der Waals surface area contributed by atoms with Gasteiger partial charge in [-0.15, -0.1) is 0 Å². The Morgan fingerprint density at radius 1 is 0.672 bits per heavy atom. The first-order chi connectivity index (χ1) is 28.4. The van der Waals surface area contributed by atoms with Crippen molar-refractivity contribution in [1.82, 2.24) is 20.0 Å². The van der Waals surface area contributed by atoms with Crippen molar-refractivity contribution in [1.29, 1.82) is 0 Å². The van der Waals surface area contributed by atoms with E-state index < -0.39 is 6.04 Å². The Morgan fingerprint density at radius 3 is 1.86 bits per heavy atom. The highest BCUT2D eigenvalue weighted by Crippen LogP contribution is 2.21. The summed E-state index contributed by atoms with van der Waals surface area (Å²) < 4.78 is 5.60. The molecule has 0 bridgehead atoms. The lowest BCUT2D eigenvalue weighted by atomic mass is 10.0. The minimum Gasteiger partial charge on any atom is -0.465 e. The average molecular weight is 815 g/mol. The normalized spacial score (nSPS) is 17.0. The molecule has 0 aromatic rings. The molecule has 8 nitrogen and oxygen atoms in total. The molecule has 0 aromatic heterocycles. The first kappa shape index (κ1) is 52.2. The zero-order chi connectivity index (χ0) is 41.9. The third kappa shape index (κ3) is 26.3. The number of unbranched alkanes of at least 4 members (excludes halogenated alkanes) is 16. The number of hydrogen-bond donors (Lipinski definition) is 1. The van der Waals surface area contributed by atoms with Gasteiger partial charge in [0.25, 0.3) is 0 Å². The molecule has 2 atom stereocenters. The number of nitrogens with zero attached hydrogens (tertiary/aromatic N) is 3. The van der Waals surface area contributed by atoms with Gasteiger partial charge in [0.2, 0.25) is 11.8 Å². The van der Waals surface area contributed by atoms with Crippen molar-refractivity contribution in [2.24, 2.45) is 5.92 Å². The molecular formula is C50H94N4O4. The summed E-state index contributed by atoms with van der Waals surface area (Å²) in [4.78, 5) is 47.6. The summed E-state index contributed by atoms with van der Waals surface area (Å²) in [5.41, 5.74) is 0. The second kappa shape index (κ2) is 35.8. The fourth-order valence-corrected chi connectivity index (χ4v) is 8.73. The SMILES string of the molecule is CCCCCCCC/C=C\CCCCCCCC(C(=O)NC1CCCCCC1)N(CCN1CCN(C)CC1)C(=O)CCCCCCCC(=O)OCC(CC)CCCC. The van der Waals surface area contributed by atoms with Crippen molar-refractivity contribution < 1.29 is 19.1 Å². The Balaban J connectivity index is 1.89. The number of amides is 2. The van der Waals surface area contributed by atoms with Gasteiger partial charge in [-0.05, 0) is 77.2 Å². The van der Waals surface area contributed by atoms with Crippen molar-refractivity contribution in [3.8, 4) is 0 Å². The van der Waals surface area contributed by atoms with Gasteiger partial charge >= 0.3 is 5.97 Å². The van der Waals surface area contributed by atoms with Crippen LogP contribution in [0.5, 0.6) is 0 Å². The number of piperazine rings is 1. The molecule has 1 saturated heterocycles. The van der Waals surface area contributed by atoms with Crippen LogP contribution in [0.2, 0.25) is 0 Å². The number of hydrogen-bond acceptors (Lipinski definition) is 6. The van der Waals surface area contributed by atoms with E-state index in [0.717, 1.165) is 110 Å². The van der Waals surface area contributed by atoms with Crippen molar-refractivity contribution in [3.63, 3.8) is 0 Å². The Labute approximate surface area is 358 Å². The second-order valence-electron chi connectivity index (χ2n) is 18.2. The van der Waals surface area contributed by atoms with Gasteiger partial charge in [0.05, 0.1) is 6.61 Å². The number of esters is 1. The Morgan fingerprint density at radius 2 is 1.24 bits per heavy atom. The van der Waals surface area contributed by atoms with Crippen LogP contribution in [-0.2, 0) is 19.1 Å². The molecular weight excluding hydrogens is 721 g/mol. The largest absolute Gasteiger partial charge is 0.465 e. The standard InChI is InChI=1S/C50H94N4O4/c1-5-8-10-11-12-13-14-15-16-17-18-19-20-22-29-35-47(50(57)51-46-33-27-25-26-28-34-46)54(43-42-53-40-38-52(4)39-41-53)48(55)36-30-23-21-24-31-37-49(56)58-44-45(7-3)32-9-6-2/h15-16,45-47H,5-14,17-44H2,1-4H3,(H,51,57)/b16-15-. The minimum absolute atomic E-state index is 0.0690. The van der Waals surface area contributed by atoms with Gasteiger partial charge in [0.1, 0.15) is 6.04 Å². The number of carbonyl (C=O) groups is 3. The maximum Gasteiger partial charge on any atom is 0.305 e. The van der Waals surface area contributed by atoms with Crippen molar-refractivity contribution in [2.75, 3.05) is 52.9 Å². The van der Waals surface area contributed by atoms with Crippen LogP contribution in [0.15, 0.2) is 12.2 Å². The van der Waals surface area contributed by atoms with Crippen molar-refractivity contribution in [3.05, 3.63) is 12.2 Å². The summed E-state index contributed by atoms with van der Waals surface area (Å²) in [6, 6.07) is -0.166. The molecule has 2 amide bonds. The molecule has 338 valence electrons. The average Bonchev–Trinajstić information content (AvgIpc) is 3.50. The highest BCUT2D eigenvalue weighted by molar-refractivity contribution is 5.87. The Kier molecular flexibility index (Phi) is 32.2. The zero-order valence-electron chi connectivity index (χ0n) is 38.7. The van der Waals surface area contributed by atoms with Crippen LogP contribution in [0.25, 0.3) is 0 Å². The second-order valence-corrected chi connectivity index (χ2v) is 18.2. The quantitative estimate of drug-likeness (QED) is 0.0297. The van der Waals surface area contributed by atoms with Gasteiger partial charge in [-0.2, -0.15) is 0 Å². The van der Waals surface area contributed by atoms with Crippen molar-refractivity contribution >= 4 is 17.8 Å². The summed E-state index contributed by atoms with van der Waals surface area (Å²) in [5, 5.41) is 3.47. The highest BCUT2D eigenvalue weighted by atomic mass is 16.5. The lowest BCUT2D eigenvalue weighted by Gasteiger charge is -2.36. The van der Waals surface area contributed by atoms with E-state index in [1.54, 1.807) is 0 Å². The predicted octanol–water partition coefficient (Wildman–Crippen LogP) is 11.8. The van der Waals surface area contributed by atoms with E-state index in [1.165, 1.54) is 109 Å². The van der Waals surface area contributed by atoms with E-state index in [0.29, 0.717) is 31.9 Å². The number of ether oxygens (including phenoxy) is 1. The molecule has 0 radical (unpaired) electrons. The molecule has 2 rings (SSSR count). The van der Waals surface area contributed by atoms with Crippen LogP contribution < -0.4 is 5.32 Å². The molecule has 0 aromatic carbocycles. The van der Waals surface area contributed by atoms with E-state index >= 15 is 0 Å². The summed E-state index contributed by atoms with van der Waals surface area (Å²) in [6.07, 6.45) is 38.9. The molecule has 2 fully saturated rings. The summed E-state index contributed by atoms with van der Waals surface area (Å²) >= 11 is 0. The third-order valence-corrected chi connectivity index (χ3v) is 13.0. The van der Waals surface area contributed by atoms with Crippen LogP contribution >= 0.6 is 0 Å². The van der Waals surface area contributed by atoms with E-state index in [4.69, 9.17) is 4.74 Å². The fraction of sp³-hybridized carbons (Fsp3) is 0.900. The molecule has 1 aliphatic heterocycles. The van der Waals surface area contributed by atoms with Crippen LogP contribution in [0.3, 0.4) is 0 Å². The number of carbonyl (C=O) groups excluding carboxylic acids is 3. The Bertz CT molecular complexity index is 1040. The van der Waals surface area contributed by atoms with Crippen molar-refractivity contribution in [2.45, 2.75) is 232 Å². The molecule has 1 saturated carbocycles. The molecule has 1 heterocycles. The van der Waals surface area contributed by atoms with Gasteiger partial charge in [-0.3, -0.25) is 19.3 Å². The van der Waals surface area contributed by atoms with Crippen LogP contribution in [0.1, 0.15) is 220 Å². The van der Waals surface area contributed by atoms with Gasteiger partial charge < -0.3 is 19.9 Å². The van der Waals surface area contributed by atoms with E-state index in [9.17, 15) is 14.4 Å². The minimum atomic E-state index is -0.395. The lowest BCUT2D eigenvalue weighted by Crippen LogP contribution is -2.54. The highest BCUT2D eigenvalue weighted by Gasteiger charge is 2.31. The smallest absolute Gasteiger partial charge is 0.305 e. The summed E-state index contributed by atoms with van der Waals surface area (Å²) in [7, 11) is 2.18. The maximum atomic E-state index is 14.2. The molecule has 8 heteroatoms. The van der Waals surface area contributed by atoms with E-state index in [2.05, 4.69) is 55.1 Å². The van der Waals surface area contributed by atoms with E-state index in [1.807, 2.05) is 4.90 Å². The zero-order valence-corrected chi connectivity index (χ0v) is 38.7. The first-order valence-electron chi connectivity index (χ1n) is 25.2. The Hall–Kier alpha value is -1.93. The lowest BCUT2D eigenvalue weighted by molar-refractivity contribution is -0.145. The van der Waals surface area contributed by atoms with Crippen LogP contribution in [-0.4, -0.2) is 97.5 Å². The number of allylic oxidation sites excluding steroid dienone is 2. The fourth-order valence-electron chi connectivity index (χ4n) is 8.73. The summed E-state index contributed by atoms with van der Waals surface area (Å²) in [6.45, 7) is 12.8. The number of likely N-dealkylation sites (N-methyl/N-ethyl adjacent to an activating group) is 1. The number of rotatable bonds is 35. The third-order valence-electron chi connectivity index (χ3n) is 13.0. The van der Waals surface area contributed by atoms with Gasteiger partial charge in [-0.1, -0.05) is 155 Å². The molecule has 58 heavy (non-hydrogen) atoms. The van der Waals surface area contributed by atoms with Crippen LogP contribution in [0, 0.1) is 5.92 Å². The molecule has 1 N–H and O–H groups in total. The van der Waals surface area contributed by atoms with E-state index in [-0.39, 0.29) is 23.8 Å². The molecule has 1 aliphatic carbocycles. The molecule has 2 unspecified atom stereocenters. The van der Waals surface area contributed by atoms with Gasteiger partial charge in [-0.25, -0.2) is 0 Å². The van der Waals surface area contributed by atoms with Gasteiger partial charge in [0.15, 0.2) is 0 Å². The molecule has 2 aliphatic rings. The summed E-state index contributed by atoms with van der Waals surface area (Å²) in [5.74, 6) is 0.629. The topological polar surface area (TPSA) is 82.2 Å². The maximum absolute atomic E-state index is 14.2. The van der Waals surface area contributed by atoms with Crippen LogP contribution in [0.4, 0.5) is 0 Å².